The highest BCUT2D eigenvalue weighted by atomic mass is 16.2. The highest BCUT2D eigenvalue weighted by molar-refractivity contribution is 5.81. The highest BCUT2D eigenvalue weighted by Gasteiger charge is 2.15. The van der Waals surface area contributed by atoms with Gasteiger partial charge in [0.1, 0.15) is 0 Å². The van der Waals surface area contributed by atoms with Crippen LogP contribution in [0.4, 0.5) is 0 Å². The molecule has 0 aromatic carbocycles. The number of carbonyl (C=O) groups is 1. The van der Waals surface area contributed by atoms with Crippen LogP contribution in [0.25, 0.3) is 0 Å². The van der Waals surface area contributed by atoms with Crippen LogP contribution in [0.5, 0.6) is 0 Å². The fourth-order valence-corrected chi connectivity index (χ4v) is 1.62. The van der Waals surface area contributed by atoms with Crippen LogP contribution in [-0.2, 0) is 4.79 Å². The Morgan fingerprint density at radius 1 is 1.33 bits per heavy atom. The third-order valence-electron chi connectivity index (χ3n) is 2.78. The van der Waals surface area contributed by atoms with E-state index in [1.54, 1.807) is 0 Å². The lowest BCUT2D eigenvalue weighted by molar-refractivity contribution is -0.123. The molecule has 3 heteroatoms. The van der Waals surface area contributed by atoms with Gasteiger partial charge in [0.05, 0.1) is 6.04 Å². The third-order valence-corrected chi connectivity index (χ3v) is 2.78. The van der Waals surface area contributed by atoms with Crippen molar-refractivity contribution in [3.8, 4) is 0 Å². The summed E-state index contributed by atoms with van der Waals surface area (Å²) in [6.45, 7) is 8.45. The summed E-state index contributed by atoms with van der Waals surface area (Å²) in [5, 5.41) is 2.97. The van der Waals surface area contributed by atoms with Gasteiger partial charge in [0.2, 0.25) is 5.91 Å². The maximum atomic E-state index is 11.6. The van der Waals surface area contributed by atoms with E-state index < -0.39 is 0 Å². The van der Waals surface area contributed by atoms with Crippen LogP contribution in [0, 0.1) is 5.92 Å². The standard InChI is InChI=1S/C12H26N2O/c1-5-7-11(13)12(15)14-10(4)8-9(3)6-2/h9-11H,5-8,13H2,1-4H3,(H,14,15)/t9?,10?,11-/m1/s1. The van der Waals surface area contributed by atoms with Gasteiger partial charge in [-0.15, -0.1) is 0 Å². The normalized spacial score (nSPS) is 16.9. The van der Waals surface area contributed by atoms with Gasteiger partial charge in [0.15, 0.2) is 0 Å². The number of rotatable bonds is 7. The van der Waals surface area contributed by atoms with Crippen molar-refractivity contribution in [1.29, 1.82) is 0 Å². The van der Waals surface area contributed by atoms with Crippen LogP contribution in [0.15, 0.2) is 0 Å². The summed E-state index contributed by atoms with van der Waals surface area (Å²) in [5.74, 6) is 0.648. The molecule has 0 fully saturated rings. The molecule has 0 radical (unpaired) electrons. The molecule has 15 heavy (non-hydrogen) atoms. The predicted molar refractivity (Wildman–Crippen MR) is 64.6 cm³/mol. The van der Waals surface area contributed by atoms with Crippen LogP contribution in [0.3, 0.4) is 0 Å². The quantitative estimate of drug-likeness (QED) is 0.681. The smallest absolute Gasteiger partial charge is 0.237 e. The largest absolute Gasteiger partial charge is 0.352 e. The molecule has 3 atom stereocenters. The van der Waals surface area contributed by atoms with Gasteiger partial charge in [-0.3, -0.25) is 4.79 Å². The molecule has 3 nitrogen and oxygen atoms in total. The van der Waals surface area contributed by atoms with Crippen molar-refractivity contribution in [3.05, 3.63) is 0 Å². The first-order chi connectivity index (χ1) is 7.01. The Morgan fingerprint density at radius 2 is 1.93 bits per heavy atom. The van der Waals surface area contributed by atoms with Crippen molar-refractivity contribution in [1.82, 2.24) is 5.32 Å². The van der Waals surface area contributed by atoms with E-state index >= 15 is 0 Å². The van der Waals surface area contributed by atoms with E-state index in [1.165, 1.54) is 0 Å². The molecule has 1 amide bonds. The van der Waals surface area contributed by atoms with Crippen LogP contribution < -0.4 is 11.1 Å². The molecule has 0 aromatic heterocycles. The van der Waals surface area contributed by atoms with Crippen LogP contribution >= 0.6 is 0 Å². The molecule has 3 N–H and O–H groups in total. The lowest BCUT2D eigenvalue weighted by Gasteiger charge is -2.19. The highest BCUT2D eigenvalue weighted by Crippen LogP contribution is 2.09. The van der Waals surface area contributed by atoms with Crippen molar-refractivity contribution in [2.45, 2.75) is 65.5 Å². The van der Waals surface area contributed by atoms with E-state index in [9.17, 15) is 4.79 Å². The first-order valence-corrected chi connectivity index (χ1v) is 6.07. The number of nitrogens with one attached hydrogen (secondary N) is 1. The predicted octanol–water partition coefficient (Wildman–Crippen LogP) is 2.05. The van der Waals surface area contributed by atoms with Crippen molar-refractivity contribution in [3.63, 3.8) is 0 Å². The lowest BCUT2D eigenvalue weighted by Crippen LogP contribution is -2.44. The molecule has 0 spiro atoms. The molecule has 0 aliphatic heterocycles. The molecule has 0 heterocycles. The average molecular weight is 214 g/mol. The molecular weight excluding hydrogens is 188 g/mol. The molecule has 0 aromatic rings. The van der Waals surface area contributed by atoms with Crippen molar-refractivity contribution in [2.75, 3.05) is 0 Å². The molecule has 0 saturated heterocycles. The van der Waals surface area contributed by atoms with Gasteiger partial charge in [0, 0.05) is 6.04 Å². The van der Waals surface area contributed by atoms with E-state index in [0.717, 1.165) is 25.7 Å². The molecule has 0 bridgehead atoms. The summed E-state index contributed by atoms with van der Waals surface area (Å²) < 4.78 is 0. The molecule has 2 unspecified atom stereocenters. The van der Waals surface area contributed by atoms with E-state index in [-0.39, 0.29) is 18.0 Å². The number of hydrogen-bond donors (Lipinski definition) is 2. The summed E-state index contributed by atoms with van der Waals surface area (Å²) in [7, 11) is 0. The maximum absolute atomic E-state index is 11.6. The van der Waals surface area contributed by atoms with Crippen molar-refractivity contribution in [2.24, 2.45) is 11.7 Å². The molecule has 0 saturated carbocycles. The Bertz CT molecular complexity index is 182. The summed E-state index contributed by atoms with van der Waals surface area (Å²) >= 11 is 0. The van der Waals surface area contributed by atoms with Gasteiger partial charge >= 0.3 is 0 Å². The van der Waals surface area contributed by atoms with Crippen molar-refractivity contribution < 1.29 is 4.79 Å². The Hall–Kier alpha value is -0.570. The zero-order valence-electron chi connectivity index (χ0n) is 10.5. The first kappa shape index (κ1) is 14.4. The maximum Gasteiger partial charge on any atom is 0.237 e. The molecular formula is C12H26N2O. The second-order valence-electron chi connectivity index (χ2n) is 4.55. The zero-order chi connectivity index (χ0) is 11.8. The Labute approximate surface area is 93.8 Å². The number of nitrogens with two attached hydrogens (primary N) is 1. The molecule has 0 rings (SSSR count). The van der Waals surface area contributed by atoms with Gasteiger partial charge in [-0.05, 0) is 25.7 Å². The fraction of sp³-hybridized carbons (Fsp3) is 0.917. The second-order valence-corrected chi connectivity index (χ2v) is 4.55. The second kappa shape index (κ2) is 7.69. The first-order valence-electron chi connectivity index (χ1n) is 6.07. The summed E-state index contributed by atoms with van der Waals surface area (Å²) in [5.41, 5.74) is 5.73. The summed E-state index contributed by atoms with van der Waals surface area (Å²) in [6, 6.07) is -0.107. The minimum Gasteiger partial charge on any atom is -0.352 e. The van der Waals surface area contributed by atoms with Gasteiger partial charge in [-0.2, -0.15) is 0 Å². The van der Waals surface area contributed by atoms with Crippen molar-refractivity contribution >= 4 is 5.91 Å². The molecule has 0 aliphatic rings. The zero-order valence-corrected chi connectivity index (χ0v) is 10.5. The number of carbonyl (C=O) groups excluding carboxylic acids is 1. The Kier molecular flexibility index (Phi) is 7.39. The van der Waals surface area contributed by atoms with E-state index in [4.69, 9.17) is 5.73 Å². The van der Waals surface area contributed by atoms with E-state index in [2.05, 4.69) is 19.2 Å². The summed E-state index contributed by atoms with van der Waals surface area (Å²) in [4.78, 5) is 11.6. The fourth-order valence-electron chi connectivity index (χ4n) is 1.62. The monoisotopic (exact) mass is 214 g/mol. The van der Waals surface area contributed by atoms with Crippen LogP contribution in [0.2, 0.25) is 0 Å². The number of hydrogen-bond acceptors (Lipinski definition) is 2. The number of amides is 1. The minimum atomic E-state index is -0.339. The Morgan fingerprint density at radius 3 is 2.40 bits per heavy atom. The molecule has 90 valence electrons. The van der Waals surface area contributed by atoms with Gasteiger partial charge in [-0.1, -0.05) is 33.6 Å². The van der Waals surface area contributed by atoms with Gasteiger partial charge in [0.25, 0.3) is 0 Å². The topological polar surface area (TPSA) is 55.1 Å². The van der Waals surface area contributed by atoms with Gasteiger partial charge < -0.3 is 11.1 Å². The lowest BCUT2D eigenvalue weighted by atomic mass is 10.00. The Balaban J connectivity index is 3.84. The summed E-state index contributed by atoms with van der Waals surface area (Å²) in [6.07, 6.45) is 3.90. The third kappa shape index (κ3) is 6.50. The SMILES string of the molecule is CCC[C@@H](N)C(=O)NC(C)CC(C)CC. The molecule has 0 aliphatic carbocycles. The van der Waals surface area contributed by atoms with Crippen LogP contribution in [0.1, 0.15) is 53.4 Å². The van der Waals surface area contributed by atoms with Gasteiger partial charge in [-0.25, -0.2) is 0 Å². The van der Waals surface area contributed by atoms with E-state index in [0.29, 0.717) is 5.92 Å². The van der Waals surface area contributed by atoms with Crippen LogP contribution in [-0.4, -0.2) is 18.0 Å². The average Bonchev–Trinajstić information content (AvgIpc) is 2.17. The van der Waals surface area contributed by atoms with E-state index in [1.807, 2.05) is 13.8 Å². The minimum absolute atomic E-state index is 0.00680.